The largest absolute Gasteiger partial charge is 0.472 e. The zero-order valence-corrected chi connectivity index (χ0v) is 10.6. The fourth-order valence-corrected chi connectivity index (χ4v) is 3.56. The first kappa shape index (κ1) is 11.3. The highest BCUT2D eigenvalue weighted by Gasteiger charge is 2.57. The van der Waals surface area contributed by atoms with Gasteiger partial charge in [-0.25, -0.2) is 0 Å². The second-order valence-corrected chi connectivity index (χ2v) is 5.91. The zero-order valence-electron chi connectivity index (χ0n) is 10.6. The average Bonchev–Trinajstić information content (AvgIpc) is 2.82. The molecule has 2 heterocycles. The van der Waals surface area contributed by atoms with Crippen LogP contribution in [0.1, 0.15) is 32.3 Å². The molecule has 1 aliphatic heterocycles. The van der Waals surface area contributed by atoms with E-state index in [9.17, 15) is 0 Å². The van der Waals surface area contributed by atoms with Gasteiger partial charge in [-0.3, -0.25) is 0 Å². The minimum Gasteiger partial charge on any atom is -0.472 e. The van der Waals surface area contributed by atoms with Crippen molar-refractivity contribution in [2.24, 2.45) is 11.3 Å². The predicted molar refractivity (Wildman–Crippen MR) is 65.6 cm³/mol. The Hall–Kier alpha value is -0.800. The second-order valence-electron chi connectivity index (χ2n) is 5.91. The summed E-state index contributed by atoms with van der Waals surface area (Å²) in [6.45, 7) is 6.46. The van der Waals surface area contributed by atoms with Crippen LogP contribution >= 0.6 is 0 Å². The molecule has 1 saturated carbocycles. The second kappa shape index (κ2) is 4.14. The molecule has 3 heteroatoms. The van der Waals surface area contributed by atoms with Gasteiger partial charge in [0.15, 0.2) is 0 Å². The van der Waals surface area contributed by atoms with Crippen LogP contribution in [0, 0.1) is 11.3 Å². The molecule has 1 aromatic rings. The van der Waals surface area contributed by atoms with E-state index < -0.39 is 0 Å². The van der Waals surface area contributed by atoms with E-state index in [0.29, 0.717) is 18.1 Å². The highest BCUT2D eigenvalue weighted by atomic mass is 16.5. The molecular formula is C14H21NO2. The number of fused-ring (bicyclic) bond motifs is 1. The maximum atomic E-state index is 5.90. The van der Waals surface area contributed by atoms with Gasteiger partial charge >= 0.3 is 0 Å². The molecule has 1 aromatic heterocycles. The van der Waals surface area contributed by atoms with Crippen molar-refractivity contribution in [3.05, 3.63) is 24.2 Å². The summed E-state index contributed by atoms with van der Waals surface area (Å²) in [6.07, 6.45) is 6.51. The van der Waals surface area contributed by atoms with E-state index in [2.05, 4.69) is 19.2 Å². The molecule has 2 aliphatic rings. The van der Waals surface area contributed by atoms with Crippen molar-refractivity contribution in [1.29, 1.82) is 0 Å². The van der Waals surface area contributed by atoms with E-state index in [-0.39, 0.29) is 5.41 Å². The molecule has 94 valence electrons. The van der Waals surface area contributed by atoms with Gasteiger partial charge in [0.1, 0.15) is 0 Å². The summed E-state index contributed by atoms with van der Waals surface area (Å²) >= 11 is 0. The van der Waals surface area contributed by atoms with Crippen LogP contribution in [-0.2, 0) is 11.3 Å². The summed E-state index contributed by atoms with van der Waals surface area (Å²) in [6, 6.07) is 2.59. The Bertz CT molecular complexity index is 372. The average molecular weight is 235 g/mol. The van der Waals surface area contributed by atoms with Crippen molar-refractivity contribution >= 4 is 0 Å². The molecule has 0 radical (unpaired) electrons. The van der Waals surface area contributed by atoms with Crippen LogP contribution in [0.25, 0.3) is 0 Å². The van der Waals surface area contributed by atoms with Crippen molar-refractivity contribution in [3.63, 3.8) is 0 Å². The first-order chi connectivity index (χ1) is 8.19. The first-order valence-electron chi connectivity index (χ1n) is 6.55. The maximum Gasteiger partial charge on any atom is 0.0947 e. The Morgan fingerprint density at radius 3 is 3.12 bits per heavy atom. The van der Waals surface area contributed by atoms with Gasteiger partial charge in [-0.1, -0.05) is 13.8 Å². The standard InChI is InChI=1S/C14H21NO2/c1-14(2)12(11-4-3-6-17-13(11)14)15-8-10-5-7-16-9-10/h5,7,9,11-13,15H,3-4,6,8H2,1-2H3. The number of nitrogens with one attached hydrogen (secondary N) is 1. The molecule has 1 saturated heterocycles. The van der Waals surface area contributed by atoms with Crippen molar-refractivity contribution < 1.29 is 9.15 Å². The number of furan rings is 1. The third-order valence-electron chi connectivity index (χ3n) is 4.44. The summed E-state index contributed by atoms with van der Waals surface area (Å²) < 4.78 is 11.0. The van der Waals surface area contributed by atoms with Crippen LogP contribution in [0.4, 0.5) is 0 Å². The Kier molecular flexibility index (Phi) is 2.75. The highest BCUT2D eigenvalue weighted by Crippen LogP contribution is 2.51. The van der Waals surface area contributed by atoms with Gasteiger partial charge in [-0.05, 0) is 18.9 Å². The summed E-state index contributed by atoms with van der Waals surface area (Å²) in [5.41, 5.74) is 1.48. The van der Waals surface area contributed by atoms with Gasteiger partial charge in [-0.15, -0.1) is 0 Å². The van der Waals surface area contributed by atoms with Crippen molar-refractivity contribution in [2.75, 3.05) is 6.61 Å². The lowest BCUT2D eigenvalue weighted by atomic mass is 9.55. The quantitative estimate of drug-likeness (QED) is 0.874. The zero-order chi connectivity index (χ0) is 11.9. The van der Waals surface area contributed by atoms with Gasteiger partial charge in [0, 0.05) is 36.1 Å². The maximum absolute atomic E-state index is 5.90. The molecular weight excluding hydrogens is 214 g/mol. The SMILES string of the molecule is CC1(C)C(NCc2ccoc2)C2CCCOC21. The highest BCUT2D eigenvalue weighted by molar-refractivity contribution is 5.12. The van der Waals surface area contributed by atoms with Crippen LogP contribution in [0.5, 0.6) is 0 Å². The number of hydrogen-bond acceptors (Lipinski definition) is 3. The Morgan fingerprint density at radius 1 is 1.47 bits per heavy atom. The third kappa shape index (κ3) is 1.81. The molecule has 1 aliphatic carbocycles. The van der Waals surface area contributed by atoms with E-state index >= 15 is 0 Å². The van der Waals surface area contributed by atoms with E-state index in [4.69, 9.17) is 9.15 Å². The van der Waals surface area contributed by atoms with E-state index in [1.165, 1.54) is 18.4 Å². The Morgan fingerprint density at radius 2 is 2.35 bits per heavy atom. The van der Waals surface area contributed by atoms with Gasteiger partial charge in [-0.2, -0.15) is 0 Å². The minimum absolute atomic E-state index is 0.259. The number of ether oxygens (including phenoxy) is 1. The van der Waals surface area contributed by atoms with E-state index in [1.54, 1.807) is 6.26 Å². The smallest absolute Gasteiger partial charge is 0.0947 e. The molecule has 3 atom stereocenters. The van der Waals surface area contributed by atoms with Crippen molar-refractivity contribution in [2.45, 2.75) is 45.4 Å². The van der Waals surface area contributed by atoms with Gasteiger partial charge in [0.25, 0.3) is 0 Å². The minimum atomic E-state index is 0.259. The van der Waals surface area contributed by atoms with Gasteiger partial charge < -0.3 is 14.5 Å². The third-order valence-corrected chi connectivity index (χ3v) is 4.44. The van der Waals surface area contributed by atoms with Crippen LogP contribution in [0.2, 0.25) is 0 Å². The Balaban J connectivity index is 1.62. The molecule has 1 N–H and O–H groups in total. The summed E-state index contributed by atoms with van der Waals surface area (Å²) in [5, 5.41) is 3.67. The summed E-state index contributed by atoms with van der Waals surface area (Å²) in [4.78, 5) is 0. The molecule has 0 amide bonds. The fraction of sp³-hybridized carbons (Fsp3) is 0.714. The molecule has 3 unspecified atom stereocenters. The van der Waals surface area contributed by atoms with Crippen LogP contribution in [0.15, 0.2) is 23.0 Å². The van der Waals surface area contributed by atoms with E-state index in [0.717, 1.165) is 13.2 Å². The molecule has 0 spiro atoms. The molecule has 0 bridgehead atoms. The summed E-state index contributed by atoms with van der Waals surface area (Å²) in [5.74, 6) is 0.700. The Labute approximate surface area is 103 Å². The monoisotopic (exact) mass is 235 g/mol. The van der Waals surface area contributed by atoms with Gasteiger partial charge in [0.05, 0.1) is 18.6 Å². The van der Waals surface area contributed by atoms with Crippen molar-refractivity contribution in [1.82, 2.24) is 5.32 Å². The van der Waals surface area contributed by atoms with Crippen molar-refractivity contribution in [3.8, 4) is 0 Å². The molecule has 2 fully saturated rings. The van der Waals surface area contributed by atoms with Crippen LogP contribution in [-0.4, -0.2) is 18.8 Å². The fourth-order valence-electron chi connectivity index (χ4n) is 3.56. The lowest BCUT2D eigenvalue weighted by molar-refractivity contribution is -0.192. The molecule has 0 aromatic carbocycles. The molecule has 3 nitrogen and oxygen atoms in total. The molecule has 17 heavy (non-hydrogen) atoms. The topological polar surface area (TPSA) is 34.4 Å². The summed E-state index contributed by atoms with van der Waals surface area (Å²) in [7, 11) is 0. The first-order valence-corrected chi connectivity index (χ1v) is 6.55. The lowest BCUT2D eigenvalue weighted by Gasteiger charge is -2.60. The molecule has 3 rings (SSSR count). The predicted octanol–water partition coefficient (Wildman–Crippen LogP) is 2.57. The lowest BCUT2D eigenvalue weighted by Crippen LogP contribution is -2.69. The normalized spacial score (nSPS) is 35.1. The van der Waals surface area contributed by atoms with Crippen LogP contribution < -0.4 is 5.32 Å². The van der Waals surface area contributed by atoms with Crippen LogP contribution in [0.3, 0.4) is 0 Å². The van der Waals surface area contributed by atoms with E-state index in [1.807, 2.05) is 12.3 Å². The number of hydrogen-bond donors (Lipinski definition) is 1. The number of rotatable bonds is 3. The van der Waals surface area contributed by atoms with Gasteiger partial charge in [0.2, 0.25) is 0 Å².